The molecule has 9 heteroatoms. The van der Waals surface area contributed by atoms with Gasteiger partial charge in [-0.2, -0.15) is 0 Å². The highest BCUT2D eigenvalue weighted by Crippen LogP contribution is 2.39. The van der Waals surface area contributed by atoms with Gasteiger partial charge in [0.15, 0.2) is 0 Å². The van der Waals surface area contributed by atoms with Crippen molar-refractivity contribution in [3.8, 4) is 11.5 Å². The topological polar surface area (TPSA) is 139 Å². The van der Waals surface area contributed by atoms with Crippen LogP contribution in [0.4, 0.5) is 4.79 Å². The largest absolute Gasteiger partial charge is 0.507 e. The number of phenols is 2. The number of amides is 4. The maximum absolute atomic E-state index is 13.8. The van der Waals surface area contributed by atoms with E-state index in [1.807, 2.05) is 79.7 Å². The van der Waals surface area contributed by atoms with Crippen molar-refractivity contribution in [3.63, 3.8) is 0 Å². The van der Waals surface area contributed by atoms with Crippen molar-refractivity contribution in [2.45, 2.75) is 131 Å². The number of hydrogen-bond acceptors (Lipinski definition) is 7. The lowest BCUT2D eigenvalue weighted by Gasteiger charge is -2.44. The van der Waals surface area contributed by atoms with E-state index in [1.165, 1.54) is 0 Å². The number of carbonyl (C=O) groups is 3. The predicted octanol–water partition coefficient (Wildman–Crippen LogP) is 6.70. The molecular weight excluding hydrogens is 596 g/mol. The number of urea groups is 1. The zero-order valence-corrected chi connectivity index (χ0v) is 29.9. The Bertz CT molecular complexity index is 1300. The first kappa shape index (κ1) is 38.0. The summed E-state index contributed by atoms with van der Waals surface area (Å²) in [5, 5.41) is 44.1. The number of phenolic OH excluding ortho intramolecular Hbond substituents is 2. The maximum Gasteiger partial charge on any atom is 0.333 e. The number of imide groups is 2. The van der Waals surface area contributed by atoms with E-state index in [2.05, 4.69) is 0 Å². The second-order valence-corrected chi connectivity index (χ2v) is 14.5. The Hall–Kier alpha value is -3.43. The van der Waals surface area contributed by atoms with E-state index in [4.69, 9.17) is 0 Å². The van der Waals surface area contributed by atoms with Gasteiger partial charge in [0.1, 0.15) is 16.9 Å². The molecule has 4 N–H and O–H groups in total. The van der Waals surface area contributed by atoms with Gasteiger partial charge in [0.05, 0.1) is 25.3 Å². The van der Waals surface area contributed by atoms with Crippen LogP contribution in [-0.4, -0.2) is 73.4 Å². The van der Waals surface area contributed by atoms with Crippen LogP contribution in [0.1, 0.15) is 139 Å². The molecule has 0 saturated carbocycles. The summed E-state index contributed by atoms with van der Waals surface area (Å²) < 4.78 is 0. The van der Waals surface area contributed by atoms with E-state index >= 15 is 0 Å². The quantitative estimate of drug-likeness (QED) is 0.167. The van der Waals surface area contributed by atoms with Crippen LogP contribution >= 0.6 is 0 Å². The number of carbonyl (C=O) groups excluding carboxylic acids is 3. The summed E-state index contributed by atoms with van der Waals surface area (Å²) in [5.74, 6) is -0.604. The summed E-state index contributed by atoms with van der Waals surface area (Å²) in [6.45, 7) is 18.7. The summed E-state index contributed by atoms with van der Waals surface area (Å²) in [5.41, 5.74) is 3.11. The molecule has 260 valence electrons. The van der Waals surface area contributed by atoms with Gasteiger partial charge in [0.2, 0.25) is 11.8 Å². The van der Waals surface area contributed by atoms with E-state index in [1.54, 1.807) is 13.8 Å². The van der Waals surface area contributed by atoms with Gasteiger partial charge in [-0.1, -0.05) is 93.5 Å². The van der Waals surface area contributed by atoms with Crippen molar-refractivity contribution in [2.75, 3.05) is 13.1 Å². The minimum atomic E-state index is -1.49. The van der Waals surface area contributed by atoms with Crippen LogP contribution in [0.15, 0.2) is 24.3 Å². The van der Waals surface area contributed by atoms with E-state index in [-0.39, 0.29) is 73.9 Å². The Kier molecular flexibility index (Phi) is 12.3. The zero-order chi connectivity index (χ0) is 35.5. The monoisotopic (exact) mass is 652 g/mol. The fraction of sp³-hybridized carbons (Fsp3) is 0.605. The first-order chi connectivity index (χ1) is 21.9. The summed E-state index contributed by atoms with van der Waals surface area (Å²) in [4.78, 5) is 43.4. The molecule has 0 aliphatic carbocycles. The fourth-order valence-corrected chi connectivity index (χ4v) is 6.68. The number of barbiturate groups is 1. The van der Waals surface area contributed by atoms with Crippen LogP contribution in [0.5, 0.6) is 11.5 Å². The van der Waals surface area contributed by atoms with Crippen molar-refractivity contribution in [2.24, 2.45) is 5.41 Å². The Morgan fingerprint density at radius 3 is 1.09 bits per heavy atom. The van der Waals surface area contributed by atoms with Crippen molar-refractivity contribution < 1.29 is 34.8 Å². The molecule has 2 atom stereocenters. The van der Waals surface area contributed by atoms with Gasteiger partial charge in [-0.05, 0) is 69.9 Å². The summed E-state index contributed by atoms with van der Waals surface area (Å²) >= 11 is 0. The number of hydrogen-bond donors (Lipinski definition) is 4. The van der Waals surface area contributed by atoms with Gasteiger partial charge in [-0.3, -0.25) is 19.4 Å². The lowest BCUT2D eigenvalue weighted by atomic mass is 9.77. The number of aliphatic hydroxyl groups is 2. The summed E-state index contributed by atoms with van der Waals surface area (Å²) in [7, 11) is 0. The van der Waals surface area contributed by atoms with Gasteiger partial charge >= 0.3 is 6.03 Å². The van der Waals surface area contributed by atoms with Crippen LogP contribution in [0.3, 0.4) is 0 Å². The lowest BCUT2D eigenvalue weighted by molar-refractivity contribution is -0.161. The molecule has 0 spiro atoms. The molecule has 3 rings (SSSR count). The van der Waals surface area contributed by atoms with Crippen molar-refractivity contribution in [1.29, 1.82) is 0 Å². The highest BCUT2D eigenvalue weighted by Gasteiger charge is 2.55. The molecule has 1 aliphatic heterocycles. The maximum atomic E-state index is 13.8. The highest BCUT2D eigenvalue weighted by molar-refractivity contribution is 6.19. The molecule has 1 saturated heterocycles. The molecule has 1 aliphatic rings. The molecule has 9 nitrogen and oxygen atoms in total. The number of aliphatic hydroxyl groups excluding tert-OH is 2. The van der Waals surface area contributed by atoms with E-state index in [0.717, 1.165) is 43.2 Å². The average Bonchev–Trinajstić information content (AvgIpc) is 2.99. The van der Waals surface area contributed by atoms with Gasteiger partial charge in [0, 0.05) is 12.8 Å². The van der Waals surface area contributed by atoms with E-state index < -0.39 is 35.5 Å². The zero-order valence-electron chi connectivity index (χ0n) is 29.9. The number of β-amino-alcohol motifs (C(OH)–C–C–N with tert-alkyl or cyclic N) is 2. The third kappa shape index (κ3) is 7.83. The third-order valence-corrected chi connectivity index (χ3v) is 9.65. The Labute approximate surface area is 280 Å². The molecule has 2 aromatic rings. The minimum absolute atomic E-state index is 0.0473. The second kappa shape index (κ2) is 15.2. The normalized spacial score (nSPS) is 16.7. The predicted molar refractivity (Wildman–Crippen MR) is 184 cm³/mol. The first-order valence-electron chi connectivity index (χ1n) is 17.1. The minimum Gasteiger partial charge on any atom is -0.507 e. The number of nitrogens with zero attached hydrogens (tertiary/aromatic N) is 2. The molecule has 0 radical (unpaired) electrons. The van der Waals surface area contributed by atoms with Crippen LogP contribution in [0.2, 0.25) is 0 Å². The molecule has 4 amide bonds. The lowest BCUT2D eigenvalue weighted by Crippen LogP contribution is -2.66. The van der Waals surface area contributed by atoms with Crippen LogP contribution < -0.4 is 0 Å². The van der Waals surface area contributed by atoms with Crippen LogP contribution in [0, 0.1) is 5.41 Å². The van der Waals surface area contributed by atoms with Gasteiger partial charge in [-0.15, -0.1) is 0 Å². The first-order valence-corrected chi connectivity index (χ1v) is 17.1. The molecular formula is C38H56N2O7. The highest BCUT2D eigenvalue weighted by atomic mass is 16.3. The molecule has 2 unspecified atom stereocenters. The van der Waals surface area contributed by atoms with E-state index in [0.29, 0.717) is 0 Å². The molecule has 0 bridgehead atoms. The van der Waals surface area contributed by atoms with Crippen LogP contribution in [-0.2, 0) is 22.4 Å². The molecule has 1 fully saturated rings. The van der Waals surface area contributed by atoms with Gasteiger partial charge < -0.3 is 20.4 Å². The third-order valence-electron chi connectivity index (χ3n) is 9.65. The van der Waals surface area contributed by atoms with E-state index in [9.17, 15) is 34.8 Å². The summed E-state index contributed by atoms with van der Waals surface area (Å²) in [6, 6.07) is 6.54. The number of benzene rings is 2. The smallest absolute Gasteiger partial charge is 0.333 e. The Morgan fingerprint density at radius 2 is 0.851 bits per heavy atom. The Morgan fingerprint density at radius 1 is 0.574 bits per heavy atom. The average molecular weight is 653 g/mol. The molecule has 0 aromatic heterocycles. The fourth-order valence-electron chi connectivity index (χ4n) is 6.68. The standard InChI is InChI=1S/C38H56N2O7/c1-11-38(12-2)35(45)39(19-27(41)13-25-15-29(21(3)4)33(43)30(16-25)22(5)6)37(47)40(36(38)46)20-28(42)14-26-17-31(23(7)8)34(44)32(18-26)24(9)10/h15-18,21-24,27-28,41-44H,11-14,19-20H2,1-10H3. The van der Waals surface area contributed by atoms with Crippen LogP contribution in [0.25, 0.3) is 0 Å². The SMILES string of the molecule is CCC1(CC)C(=O)N(CC(O)Cc2cc(C(C)C)c(O)c(C(C)C)c2)C(=O)N(CC(O)Cc2cc(C(C)C)c(O)c(C(C)C)c2)C1=O. The molecule has 2 aromatic carbocycles. The Balaban J connectivity index is 1.91. The van der Waals surface area contributed by atoms with Gasteiger partial charge in [0.25, 0.3) is 0 Å². The number of aromatic hydroxyl groups is 2. The van der Waals surface area contributed by atoms with Crippen molar-refractivity contribution in [1.82, 2.24) is 9.80 Å². The second-order valence-electron chi connectivity index (χ2n) is 14.5. The number of rotatable bonds is 14. The summed E-state index contributed by atoms with van der Waals surface area (Å²) in [6.07, 6.45) is -1.66. The molecule has 1 heterocycles. The van der Waals surface area contributed by atoms with Crippen molar-refractivity contribution >= 4 is 17.8 Å². The van der Waals surface area contributed by atoms with Gasteiger partial charge in [-0.25, -0.2) is 4.79 Å². The molecule has 47 heavy (non-hydrogen) atoms. The van der Waals surface area contributed by atoms with Crippen molar-refractivity contribution in [3.05, 3.63) is 57.6 Å².